The Morgan fingerprint density at radius 1 is 1.10 bits per heavy atom. The Morgan fingerprint density at radius 2 is 1.84 bits per heavy atom. The number of amidine groups is 1. The molecule has 4 rings (SSSR count). The maximum Gasteiger partial charge on any atom is 0.418 e. The Morgan fingerprint density at radius 3 is 2.55 bits per heavy atom. The number of carbonyl (C=O) groups excluding carboxylic acids is 1. The van der Waals surface area contributed by atoms with E-state index in [0.29, 0.717) is 11.5 Å². The van der Waals surface area contributed by atoms with E-state index in [1.807, 2.05) is 24.3 Å². The van der Waals surface area contributed by atoms with Gasteiger partial charge in [-0.25, -0.2) is 4.99 Å². The van der Waals surface area contributed by atoms with E-state index in [2.05, 4.69) is 26.2 Å². The topological polar surface area (TPSA) is 54.6 Å². The van der Waals surface area contributed by atoms with Gasteiger partial charge in [0.15, 0.2) is 5.17 Å². The lowest BCUT2D eigenvalue weighted by Gasteiger charge is -2.10. The lowest BCUT2D eigenvalue weighted by atomic mass is 10.2. The zero-order valence-corrected chi connectivity index (χ0v) is 18.5. The van der Waals surface area contributed by atoms with Crippen molar-refractivity contribution in [3.05, 3.63) is 80.3 Å². The van der Waals surface area contributed by atoms with Crippen molar-refractivity contribution in [1.82, 2.24) is 5.32 Å². The monoisotopic (exact) mass is 526 g/mol. The molecule has 4 nitrogen and oxygen atoms in total. The van der Waals surface area contributed by atoms with E-state index in [9.17, 15) is 18.0 Å². The van der Waals surface area contributed by atoms with Crippen LogP contribution in [-0.4, -0.2) is 11.1 Å². The number of amides is 1. The number of carbonyl (C=O) groups is 1. The quantitative estimate of drug-likeness (QED) is 0.364. The summed E-state index contributed by atoms with van der Waals surface area (Å²) in [6.45, 7) is 0. The smallest absolute Gasteiger partial charge is 0.418 e. The van der Waals surface area contributed by atoms with Crippen LogP contribution in [-0.2, 0) is 11.0 Å². The van der Waals surface area contributed by atoms with Crippen LogP contribution >= 0.6 is 39.3 Å². The second-order valence-corrected chi connectivity index (χ2v) is 8.73. The number of aliphatic imine (C=N–C) groups is 1. The molecular weight excluding hydrogens is 517 g/mol. The molecule has 0 bridgehead atoms. The number of furan rings is 1. The molecule has 0 atom stereocenters. The number of nitrogens with zero attached hydrogens (tertiary/aromatic N) is 1. The number of hydrogen-bond acceptors (Lipinski definition) is 4. The minimum Gasteiger partial charge on any atom is -0.457 e. The van der Waals surface area contributed by atoms with Crippen LogP contribution in [0.15, 0.2) is 73.4 Å². The van der Waals surface area contributed by atoms with Gasteiger partial charge in [0, 0.05) is 21.1 Å². The van der Waals surface area contributed by atoms with E-state index in [0.717, 1.165) is 33.9 Å². The lowest BCUT2D eigenvalue weighted by molar-refractivity contribution is -0.137. The molecule has 1 amide bonds. The van der Waals surface area contributed by atoms with Crippen molar-refractivity contribution in [2.24, 2.45) is 4.99 Å². The van der Waals surface area contributed by atoms with Crippen molar-refractivity contribution in [2.45, 2.75) is 6.18 Å². The first-order valence-electron chi connectivity index (χ1n) is 8.71. The van der Waals surface area contributed by atoms with Gasteiger partial charge >= 0.3 is 6.18 Å². The van der Waals surface area contributed by atoms with Gasteiger partial charge in [-0.1, -0.05) is 39.7 Å². The number of alkyl halides is 3. The highest BCUT2D eigenvalue weighted by Crippen LogP contribution is 2.39. The molecular formula is C21H11BrClF3N2O2S. The molecule has 2 heterocycles. The van der Waals surface area contributed by atoms with Crippen molar-refractivity contribution in [3.63, 3.8) is 0 Å². The molecule has 3 aromatic rings. The molecule has 1 fully saturated rings. The van der Waals surface area contributed by atoms with Gasteiger partial charge < -0.3 is 9.73 Å². The van der Waals surface area contributed by atoms with Crippen LogP contribution in [0.25, 0.3) is 17.4 Å². The molecule has 31 heavy (non-hydrogen) atoms. The van der Waals surface area contributed by atoms with E-state index in [-0.39, 0.29) is 20.8 Å². The Hall–Kier alpha value is -2.49. The Balaban J connectivity index is 1.58. The second kappa shape index (κ2) is 8.57. The lowest BCUT2D eigenvalue weighted by Crippen LogP contribution is -2.19. The van der Waals surface area contributed by atoms with Crippen LogP contribution in [0.4, 0.5) is 18.9 Å². The fourth-order valence-electron chi connectivity index (χ4n) is 2.75. The fraction of sp³-hybridized carbons (Fsp3) is 0.0476. The van der Waals surface area contributed by atoms with Crippen molar-refractivity contribution in [3.8, 4) is 11.3 Å². The van der Waals surface area contributed by atoms with Crippen molar-refractivity contribution in [2.75, 3.05) is 0 Å². The maximum atomic E-state index is 13.3. The standard InChI is InChI=1S/C21H11BrClF3N2O2S/c22-12-3-1-11(2-4-12)17-8-6-14(30-17)10-18-19(29)28-20(31-18)27-16-7-5-13(23)9-15(16)21(24,25)26/h1-10H,(H,27,28,29)/b18-10+. The minimum absolute atomic E-state index is 0.0313. The molecule has 2 aromatic carbocycles. The number of benzene rings is 2. The van der Waals surface area contributed by atoms with E-state index >= 15 is 0 Å². The third-order valence-corrected chi connectivity index (χ3v) is 5.84. The normalized spacial score (nSPS) is 16.9. The first-order valence-corrected chi connectivity index (χ1v) is 10.7. The highest BCUT2D eigenvalue weighted by Gasteiger charge is 2.34. The molecule has 1 aromatic heterocycles. The molecule has 1 aliphatic heterocycles. The van der Waals surface area contributed by atoms with Gasteiger partial charge in [-0.05, 0) is 54.2 Å². The van der Waals surface area contributed by atoms with Crippen molar-refractivity contribution >= 4 is 62.1 Å². The number of hydrogen-bond donors (Lipinski definition) is 1. The maximum absolute atomic E-state index is 13.3. The third-order valence-electron chi connectivity index (χ3n) is 4.17. The minimum atomic E-state index is -4.63. The van der Waals surface area contributed by atoms with Gasteiger partial charge in [0.2, 0.25) is 0 Å². The Bertz CT molecular complexity index is 1220. The summed E-state index contributed by atoms with van der Waals surface area (Å²) < 4.78 is 46.5. The molecule has 0 radical (unpaired) electrons. The third kappa shape index (κ3) is 5.06. The highest BCUT2D eigenvalue weighted by atomic mass is 79.9. The number of nitrogens with one attached hydrogen (secondary N) is 1. The van der Waals surface area contributed by atoms with Gasteiger partial charge in [-0.15, -0.1) is 0 Å². The van der Waals surface area contributed by atoms with Crippen LogP contribution in [0, 0.1) is 0 Å². The summed E-state index contributed by atoms with van der Waals surface area (Å²) in [5, 5.41) is 2.44. The Kier molecular flexibility index (Phi) is 6.00. The zero-order chi connectivity index (χ0) is 22.2. The fourth-order valence-corrected chi connectivity index (χ4v) is 4.00. The summed E-state index contributed by atoms with van der Waals surface area (Å²) in [6.07, 6.45) is -3.12. The van der Waals surface area contributed by atoms with E-state index in [1.54, 1.807) is 12.1 Å². The summed E-state index contributed by atoms with van der Waals surface area (Å²) in [6, 6.07) is 14.3. The average Bonchev–Trinajstić information content (AvgIpc) is 3.30. The van der Waals surface area contributed by atoms with E-state index < -0.39 is 17.6 Å². The van der Waals surface area contributed by atoms with Gasteiger partial charge in [0.25, 0.3) is 5.91 Å². The first kappa shape index (κ1) is 21.7. The highest BCUT2D eigenvalue weighted by molar-refractivity contribution is 9.10. The molecule has 158 valence electrons. The van der Waals surface area contributed by atoms with Crippen LogP contribution < -0.4 is 5.32 Å². The molecule has 0 spiro atoms. The molecule has 10 heteroatoms. The van der Waals surface area contributed by atoms with Crippen LogP contribution in [0.3, 0.4) is 0 Å². The van der Waals surface area contributed by atoms with Gasteiger partial charge in [-0.3, -0.25) is 4.79 Å². The molecule has 0 aliphatic carbocycles. The largest absolute Gasteiger partial charge is 0.457 e. The summed E-state index contributed by atoms with van der Waals surface area (Å²) >= 11 is 9.98. The number of rotatable bonds is 3. The van der Waals surface area contributed by atoms with Gasteiger partial charge in [-0.2, -0.15) is 13.2 Å². The van der Waals surface area contributed by atoms with Crippen LogP contribution in [0.5, 0.6) is 0 Å². The molecule has 1 N–H and O–H groups in total. The average molecular weight is 528 g/mol. The van der Waals surface area contributed by atoms with Crippen LogP contribution in [0.2, 0.25) is 5.02 Å². The van der Waals surface area contributed by atoms with Gasteiger partial charge in [0.1, 0.15) is 11.5 Å². The zero-order valence-electron chi connectivity index (χ0n) is 15.3. The van der Waals surface area contributed by atoms with E-state index in [4.69, 9.17) is 16.0 Å². The molecule has 1 saturated heterocycles. The molecule has 1 aliphatic rings. The van der Waals surface area contributed by atoms with Gasteiger partial charge in [0.05, 0.1) is 16.2 Å². The molecule has 0 saturated carbocycles. The SMILES string of the molecule is O=C1NC(=Nc2ccc(Cl)cc2C(F)(F)F)S/C1=C/c1ccc(-c2ccc(Br)cc2)o1. The van der Waals surface area contributed by atoms with Crippen LogP contribution in [0.1, 0.15) is 11.3 Å². The summed E-state index contributed by atoms with van der Waals surface area (Å²) in [5.74, 6) is 0.569. The van der Waals surface area contributed by atoms with E-state index in [1.165, 1.54) is 12.1 Å². The first-order chi connectivity index (χ1) is 14.7. The summed E-state index contributed by atoms with van der Waals surface area (Å²) in [5.41, 5.74) is -0.456. The summed E-state index contributed by atoms with van der Waals surface area (Å²) in [7, 11) is 0. The Labute approximate surface area is 192 Å². The summed E-state index contributed by atoms with van der Waals surface area (Å²) in [4.78, 5) is 16.5. The van der Waals surface area contributed by atoms with Crippen molar-refractivity contribution < 1.29 is 22.4 Å². The van der Waals surface area contributed by atoms with Crippen molar-refractivity contribution in [1.29, 1.82) is 0 Å². The predicted octanol–water partition coefficient (Wildman–Crippen LogP) is 7.27. The second-order valence-electron chi connectivity index (χ2n) is 6.35. The molecule has 0 unspecified atom stereocenters. The number of halogens is 5. The predicted molar refractivity (Wildman–Crippen MR) is 119 cm³/mol. The number of thioether (sulfide) groups is 1.